The van der Waals surface area contributed by atoms with Gasteiger partial charge in [0.15, 0.2) is 0 Å². The van der Waals surface area contributed by atoms with Gasteiger partial charge in [0.25, 0.3) is 0 Å². The lowest BCUT2D eigenvalue weighted by molar-refractivity contribution is -0.142. The average molecular weight is 228 g/mol. The third-order valence-electron chi connectivity index (χ3n) is 3.07. The fourth-order valence-corrected chi connectivity index (χ4v) is 1.92. The third kappa shape index (κ3) is 3.48. The molecule has 5 nitrogen and oxygen atoms in total. The zero-order valence-corrected chi connectivity index (χ0v) is 9.66. The number of amides is 1. The van der Waals surface area contributed by atoms with E-state index in [1.54, 1.807) is 0 Å². The zero-order chi connectivity index (χ0) is 12.2. The number of carboxylic acids is 1. The Balaban J connectivity index is 2.39. The summed E-state index contributed by atoms with van der Waals surface area (Å²) < 4.78 is 0. The molecule has 0 saturated heterocycles. The summed E-state index contributed by atoms with van der Waals surface area (Å²) in [5.41, 5.74) is 5.53. The monoisotopic (exact) mass is 228 g/mol. The van der Waals surface area contributed by atoms with Crippen LogP contribution in [-0.2, 0) is 9.59 Å². The molecule has 1 atom stereocenters. The molecule has 5 heteroatoms. The van der Waals surface area contributed by atoms with Crippen molar-refractivity contribution in [1.29, 1.82) is 0 Å². The minimum absolute atomic E-state index is 0.237. The third-order valence-corrected chi connectivity index (χ3v) is 3.07. The molecule has 16 heavy (non-hydrogen) atoms. The molecule has 0 aliphatic heterocycles. The molecule has 0 radical (unpaired) electrons. The first-order chi connectivity index (χ1) is 7.47. The smallest absolute Gasteiger partial charge is 0.326 e. The molecule has 1 rings (SSSR count). The topological polar surface area (TPSA) is 92.4 Å². The van der Waals surface area contributed by atoms with Gasteiger partial charge < -0.3 is 16.2 Å². The van der Waals surface area contributed by atoms with Crippen LogP contribution in [0.2, 0.25) is 0 Å². The van der Waals surface area contributed by atoms with Gasteiger partial charge in [0.05, 0.1) is 0 Å². The Labute approximate surface area is 95.4 Å². The van der Waals surface area contributed by atoms with Gasteiger partial charge in [-0.05, 0) is 25.7 Å². The van der Waals surface area contributed by atoms with Crippen LogP contribution in [0.15, 0.2) is 0 Å². The van der Waals surface area contributed by atoms with E-state index in [1.165, 1.54) is 0 Å². The van der Waals surface area contributed by atoms with Gasteiger partial charge in [0, 0.05) is 12.0 Å². The number of carboxylic acid groups (broad SMARTS) is 1. The van der Waals surface area contributed by atoms with Crippen molar-refractivity contribution in [1.82, 2.24) is 5.32 Å². The van der Waals surface area contributed by atoms with Crippen LogP contribution in [0.1, 0.15) is 45.4 Å². The number of hydrogen-bond donors (Lipinski definition) is 3. The van der Waals surface area contributed by atoms with Gasteiger partial charge in [0.2, 0.25) is 5.91 Å². The quantitative estimate of drug-likeness (QED) is 0.621. The second kappa shape index (κ2) is 5.30. The number of carbonyl (C=O) groups excluding carboxylic acids is 1. The van der Waals surface area contributed by atoms with E-state index in [4.69, 9.17) is 10.8 Å². The summed E-state index contributed by atoms with van der Waals surface area (Å²) in [6, 6.07) is -0.777. The molecule has 1 saturated carbocycles. The molecular formula is C11H20N2O3. The number of nitrogens with one attached hydrogen (secondary N) is 1. The molecule has 1 aliphatic carbocycles. The maximum absolute atomic E-state index is 11.6. The molecular weight excluding hydrogens is 208 g/mol. The highest BCUT2D eigenvalue weighted by molar-refractivity contribution is 5.84. The van der Waals surface area contributed by atoms with Gasteiger partial charge >= 0.3 is 5.97 Å². The number of rotatable bonds is 6. The van der Waals surface area contributed by atoms with Crippen LogP contribution < -0.4 is 11.1 Å². The van der Waals surface area contributed by atoms with Crippen molar-refractivity contribution in [2.24, 2.45) is 5.73 Å². The molecule has 0 heterocycles. The summed E-state index contributed by atoms with van der Waals surface area (Å²) in [7, 11) is 0. The van der Waals surface area contributed by atoms with Crippen LogP contribution in [0, 0.1) is 0 Å². The Bertz CT molecular complexity index is 274. The van der Waals surface area contributed by atoms with E-state index in [-0.39, 0.29) is 17.9 Å². The molecule has 0 aromatic carbocycles. The highest BCUT2D eigenvalue weighted by atomic mass is 16.4. The molecule has 0 spiro atoms. The average Bonchev–Trinajstić information content (AvgIpc) is 2.14. The summed E-state index contributed by atoms with van der Waals surface area (Å²) in [4.78, 5) is 22.4. The molecule has 1 unspecified atom stereocenters. The summed E-state index contributed by atoms with van der Waals surface area (Å²) >= 11 is 0. The molecule has 0 bridgehead atoms. The molecule has 92 valence electrons. The Hall–Kier alpha value is -1.10. The lowest BCUT2D eigenvalue weighted by atomic mass is 9.75. The minimum Gasteiger partial charge on any atom is -0.480 e. The standard InChI is InChI=1S/C11H20N2O3/c1-2-4-8(10(15)16)13-9(14)7-11(12)5-3-6-11/h8H,2-7,12H2,1H3,(H,13,14)(H,15,16). The second-order valence-electron chi connectivity index (χ2n) is 4.64. The number of carbonyl (C=O) groups is 2. The number of nitrogens with two attached hydrogens (primary N) is 1. The molecule has 4 N–H and O–H groups in total. The van der Waals surface area contributed by atoms with Crippen molar-refractivity contribution in [3.63, 3.8) is 0 Å². The van der Waals surface area contributed by atoms with Gasteiger partial charge in [-0.2, -0.15) is 0 Å². The Morgan fingerprint density at radius 3 is 2.50 bits per heavy atom. The van der Waals surface area contributed by atoms with Crippen molar-refractivity contribution in [3.05, 3.63) is 0 Å². The molecule has 1 fully saturated rings. The SMILES string of the molecule is CCCC(NC(=O)CC1(N)CCC1)C(=O)O. The van der Waals surface area contributed by atoms with E-state index in [0.29, 0.717) is 6.42 Å². The van der Waals surface area contributed by atoms with Crippen molar-refractivity contribution >= 4 is 11.9 Å². The minimum atomic E-state index is -0.977. The number of hydrogen-bond acceptors (Lipinski definition) is 3. The first-order valence-corrected chi connectivity index (χ1v) is 5.78. The number of aliphatic carboxylic acids is 1. The Morgan fingerprint density at radius 1 is 1.50 bits per heavy atom. The van der Waals surface area contributed by atoms with Crippen LogP contribution in [0.4, 0.5) is 0 Å². The summed E-state index contributed by atoms with van der Waals surface area (Å²) in [6.07, 6.45) is 4.18. The van der Waals surface area contributed by atoms with Gasteiger partial charge in [-0.1, -0.05) is 13.3 Å². The first kappa shape index (κ1) is 13.0. The zero-order valence-electron chi connectivity index (χ0n) is 9.66. The summed E-state index contributed by atoms with van der Waals surface area (Å²) in [5.74, 6) is -1.22. The molecule has 0 aromatic heterocycles. The fourth-order valence-electron chi connectivity index (χ4n) is 1.92. The van der Waals surface area contributed by atoms with E-state index in [9.17, 15) is 9.59 Å². The van der Waals surface area contributed by atoms with Gasteiger partial charge in [-0.15, -0.1) is 0 Å². The van der Waals surface area contributed by atoms with E-state index >= 15 is 0 Å². The molecule has 1 amide bonds. The second-order valence-corrected chi connectivity index (χ2v) is 4.64. The Morgan fingerprint density at radius 2 is 2.12 bits per heavy atom. The fraction of sp³-hybridized carbons (Fsp3) is 0.818. The van der Waals surface area contributed by atoms with Gasteiger partial charge in [0.1, 0.15) is 6.04 Å². The van der Waals surface area contributed by atoms with Crippen molar-refractivity contribution in [3.8, 4) is 0 Å². The van der Waals surface area contributed by atoms with Crippen LogP contribution in [0.25, 0.3) is 0 Å². The normalized spacial score (nSPS) is 19.6. The predicted molar refractivity (Wildman–Crippen MR) is 59.9 cm³/mol. The maximum Gasteiger partial charge on any atom is 0.326 e. The maximum atomic E-state index is 11.6. The van der Waals surface area contributed by atoms with E-state index in [2.05, 4.69) is 5.32 Å². The van der Waals surface area contributed by atoms with E-state index in [0.717, 1.165) is 25.7 Å². The first-order valence-electron chi connectivity index (χ1n) is 5.78. The van der Waals surface area contributed by atoms with Crippen LogP contribution in [0.5, 0.6) is 0 Å². The van der Waals surface area contributed by atoms with Gasteiger partial charge in [-0.3, -0.25) is 4.79 Å². The van der Waals surface area contributed by atoms with Gasteiger partial charge in [-0.25, -0.2) is 4.79 Å². The van der Waals surface area contributed by atoms with Crippen molar-refractivity contribution in [2.45, 2.75) is 57.0 Å². The van der Waals surface area contributed by atoms with Crippen molar-refractivity contribution < 1.29 is 14.7 Å². The highest BCUT2D eigenvalue weighted by Crippen LogP contribution is 2.31. The van der Waals surface area contributed by atoms with E-state index in [1.807, 2.05) is 6.92 Å². The lowest BCUT2D eigenvalue weighted by Crippen LogP contribution is -2.51. The van der Waals surface area contributed by atoms with Crippen molar-refractivity contribution in [2.75, 3.05) is 0 Å². The summed E-state index contributed by atoms with van der Waals surface area (Å²) in [6.45, 7) is 1.89. The summed E-state index contributed by atoms with van der Waals surface area (Å²) in [5, 5.41) is 11.4. The largest absolute Gasteiger partial charge is 0.480 e. The van der Waals surface area contributed by atoms with Crippen LogP contribution in [0.3, 0.4) is 0 Å². The molecule has 1 aliphatic rings. The van der Waals surface area contributed by atoms with Crippen LogP contribution >= 0.6 is 0 Å². The predicted octanol–water partition coefficient (Wildman–Crippen LogP) is 0.627. The van der Waals surface area contributed by atoms with Crippen LogP contribution in [-0.4, -0.2) is 28.6 Å². The lowest BCUT2D eigenvalue weighted by Gasteiger charge is -2.37. The highest BCUT2D eigenvalue weighted by Gasteiger charge is 2.35. The Kier molecular flexibility index (Phi) is 4.29. The van der Waals surface area contributed by atoms with E-state index < -0.39 is 12.0 Å². The molecule has 0 aromatic rings.